The molecule has 148 valence electrons. The summed E-state index contributed by atoms with van der Waals surface area (Å²) in [7, 11) is 1.82. The number of guanidine groups is 1. The fraction of sp³-hybridized carbons (Fsp3) is 0.619. The molecule has 2 fully saturated rings. The zero-order valence-corrected chi connectivity index (χ0v) is 16.8. The van der Waals surface area contributed by atoms with Crippen LogP contribution in [0.5, 0.6) is 0 Å². The Balaban J connectivity index is 1.53. The number of carbonyl (C=O) groups is 1. The lowest BCUT2D eigenvalue weighted by molar-refractivity contribution is 0.0857. The van der Waals surface area contributed by atoms with E-state index in [-0.39, 0.29) is 12.0 Å². The van der Waals surface area contributed by atoms with Gasteiger partial charge in [0, 0.05) is 45.4 Å². The average molecular weight is 373 g/mol. The first-order valence-electron chi connectivity index (χ1n) is 9.91. The first-order chi connectivity index (χ1) is 13.0. The molecule has 0 aliphatic carbocycles. The van der Waals surface area contributed by atoms with Gasteiger partial charge in [-0.25, -0.2) is 0 Å². The van der Waals surface area contributed by atoms with Crippen LogP contribution in [0.25, 0.3) is 0 Å². The number of hydrogen-bond acceptors (Lipinski definition) is 3. The van der Waals surface area contributed by atoms with Crippen molar-refractivity contribution in [2.45, 2.75) is 45.8 Å². The molecule has 6 heteroatoms. The lowest BCUT2D eigenvalue weighted by Crippen LogP contribution is -2.40. The van der Waals surface area contributed by atoms with Crippen molar-refractivity contribution < 1.29 is 9.53 Å². The summed E-state index contributed by atoms with van der Waals surface area (Å²) in [6.07, 6.45) is 3.44. The molecule has 2 saturated heterocycles. The fourth-order valence-electron chi connectivity index (χ4n) is 3.74. The van der Waals surface area contributed by atoms with E-state index in [0.717, 1.165) is 44.1 Å². The molecule has 0 radical (unpaired) electrons. The van der Waals surface area contributed by atoms with Crippen LogP contribution in [0.15, 0.2) is 29.3 Å². The molecule has 2 heterocycles. The number of amides is 1. The zero-order valence-electron chi connectivity index (χ0n) is 16.8. The monoisotopic (exact) mass is 372 g/mol. The van der Waals surface area contributed by atoms with Crippen molar-refractivity contribution in [3.63, 3.8) is 0 Å². The molecule has 1 amide bonds. The molecule has 27 heavy (non-hydrogen) atoms. The van der Waals surface area contributed by atoms with E-state index in [4.69, 9.17) is 4.74 Å². The Hall–Kier alpha value is -2.08. The minimum atomic E-state index is -0.0435. The molecule has 0 spiro atoms. The standard InChI is InChI=1S/C21H32N4O2/c1-21(2)9-10-25(15-21)20(22-3)24-13-16-6-4-7-17(12-16)19(26)23-14-18-8-5-11-27-18/h4,6-7,12,18H,5,8-11,13-15H2,1-3H3,(H,22,24)(H,23,26). The van der Waals surface area contributed by atoms with Crippen molar-refractivity contribution >= 4 is 11.9 Å². The van der Waals surface area contributed by atoms with E-state index in [2.05, 4.69) is 34.4 Å². The number of likely N-dealkylation sites (tertiary alicyclic amines) is 1. The number of aliphatic imine (C=N–C) groups is 1. The molecule has 0 aromatic heterocycles. The van der Waals surface area contributed by atoms with E-state index in [9.17, 15) is 4.79 Å². The Labute approximate surface area is 162 Å². The Kier molecular flexibility index (Phi) is 6.37. The van der Waals surface area contributed by atoms with Crippen molar-refractivity contribution in [3.05, 3.63) is 35.4 Å². The van der Waals surface area contributed by atoms with Crippen molar-refractivity contribution in [2.75, 3.05) is 33.3 Å². The summed E-state index contributed by atoms with van der Waals surface area (Å²) in [6, 6.07) is 7.76. The van der Waals surface area contributed by atoms with Gasteiger partial charge in [-0.05, 0) is 42.4 Å². The van der Waals surface area contributed by atoms with Crippen LogP contribution >= 0.6 is 0 Å². The summed E-state index contributed by atoms with van der Waals surface area (Å²) >= 11 is 0. The summed E-state index contributed by atoms with van der Waals surface area (Å²) < 4.78 is 5.56. The minimum Gasteiger partial charge on any atom is -0.376 e. The van der Waals surface area contributed by atoms with E-state index in [1.807, 2.05) is 31.3 Å². The van der Waals surface area contributed by atoms with Gasteiger partial charge < -0.3 is 20.3 Å². The van der Waals surface area contributed by atoms with E-state index in [1.54, 1.807) is 0 Å². The summed E-state index contributed by atoms with van der Waals surface area (Å²) in [6.45, 7) is 8.65. The molecule has 0 bridgehead atoms. The lowest BCUT2D eigenvalue weighted by Gasteiger charge is -2.23. The molecule has 2 N–H and O–H groups in total. The number of nitrogens with zero attached hydrogens (tertiary/aromatic N) is 2. The van der Waals surface area contributed by atoms with Crippen LogP contribution in [0, 0.1) is 5.41 Å². The SMILES string of the molecule is CN=C(NCc1cccc(C(=O)NCC2CCCO2)c1)N1CCC(C)(C)C1. The first kappa shape index (κ1) is 19.7. The predicted octanol–water partition coefficient (Wildman–Crippen LogP) is 2.40. The molecule has 6 nitrogen and oxygen atoms in total. The Morgan fingerprint density at radius 2 is 2.22 bits per heavy atom. The molecule has 2 aliphatic heterocycles. The summed E-state index contributed by atoms with van der Waals surface area (Å²) in [5.41, 5.74) is 2.09. The number of ether oxygens (including phenoxy) is 1. The van der Waals surface area contributed by atoms with Gasteiger partial charge in [0.05, 0.1) is 6.10 Å². The molecular weight excluding hydrogens is 340 g/mol. The van der Waals surface area contributed by atoms with Crippen LogP contribution in [0.2, 0.25) is 0 Å². The maximum Gasteiger partial charge on any atom is 0.251 e. The zero-order chi connectivity index (χ0) is 19.3. The molecule has 1 aromatic carbocycles. The highest BCUT2D eigenvalue weighted by atomic mass is 16.5. The third kappa shape index (κ3) is 5.45. The van der Waals surface area contributed by atoms with Crippen LogP contribution < -0.4 is 10.6 Å². The van der Waals surface area contributed by atoms with Gasteiger partial charge in [-0.2, -0.15) is 0 Å². The van der Waals surface area contributed by atoms with Crippen LogP contribution in [-0.4, -0.2) is 56.2 Å². The van der Waals surface area contributed by atoms with E-state index in [1.165, 1.54) is 6.42 Å². The van der Waals surface area contributed by atoms with Gasteiger partial charge in [0.25, 0.3) is 5.91 Å². The lowest BCUT2D eigenvalue weighted by atomic mass is 9.93. The van der Waals surface area contributed by atoms with Gasteiger partial charge in [0.1, 0.15) is 0 Å². The van der Waals surface area contributed by atoms with Gasteiger partial charge in [0.2, 0.25) is 0 Å². The number of benzene rings is 1. The molecule has 3 rings (SSSR count). The second-order valence-electron chi connectivity index (χ2n) is 8.28. The third-order valence-electron chi connectivity index (χ3n) is 5.34. The molecule has 0 saturated carbocycles. The maximum absolute atomic E-state index is 12.4. The Bertz CT molecular complexity index is 681. The highest BCUT2D eigenvalue weighted by Crippen LogP contribution is 2.28. The van der Waals surface area contributed by atoms with Crippen LogP contribution in [0.1, 0.15) is 49.0 Å². The van der Waals surface area contributed by atoms with Gasteiger partial charge in [-0.3, -0.25) is 9.79 Å². The van der Waals surface area contributed by atoms with Gasteiger partial charge >= 0.3 is 0 Å². The maximum atomic E-state index is 12.4. The van der Waals surface area contributed by atoms with E-state index in [0.29, 0.717) is 24.1 Å². The normalized spacial score (nSPS) is 22.1. The van der Waals surface area contributed by atoms with Crippen LogP contribution in [-0.2, 0) is 11.3 Å². The molecule has 1 unspecified atom stereocenters. The molecule has 2 aliphatic rings. The number of hydrogen-bond donors (Lipinski definition) is 2. The largest absolute Gasteiger partial charge is 0.376 e. The van der Waals surface area contributed by atoms with Crippen molar-refractivity contribution in [1.29, 1.82) is 0 Å². The van der Waals surface area contributed by atoms with Gasteiger partial charge in [0.15, 0.2) is 5.96 Å². The topological polar surface area (TPSA) is 66.0 Å². The summed E-state index contributed by atoms with van der Waals surface area (Å²) in [5.74, 6) is 0.881. The van der Waals surface area contributed by atoms with Crippen LogP contribution in [0.3, 0.4) is 0 Å². The first-order valence-corrected chi connectivity index (χ1v) is 9.91. The van der Waals surface area contributed by atoms with Crippen molar-refractivity contribution in [2.24, 2.45) is 10.4 Å². The number of carbonyl (C=O) groups excluding carboxylic acids is 1. The van der Waals surface area contributed by atoms with Crippen molar-refractivity contribution in [1.82, 2.24) is 15.5 Å². The Morgan fingerprint density at radius 1 is 1.37 bits per heavy atom. The van der Waals surface area contributed by atoms with Gasteiger partial charge in [-0.15, -0.1) is 0 Å². The van der Waals surface area contributed by atoms with E-state index >= 15 is 0 Å². The highest BCUT2D eigenvalue weighted by molar-refractivity contribution is 5.94. The minimum absolute atomic E-state index is 0.0435. The van der Waals surface area contributed by atoms with Gasteiger partial charge in [-0.1, -0.05) is 26.0 Å². The highest BCUT2D eigenvalue weighted by Gasteiger charge is 2.30. The predicted molar refractivity (Wildman–Crippen MR) is 108 cm³/mol. The van der Waals surface area contributed by atoms with Crippen LogP contribution in [0.4, 0.5) is 0 Å². The average Bonchev–Trinajstić information content (AvgIpc) is 3.30. The molecule has 1 atom stereocenters. The quantitative estimate of drug-likeness (QED) is 0.615. The summed E-state index contributed by atoms with van der Waals surface area (Å²) in [4.78, 5) is 19.1. The Morgan fingerprint density at radius 3 is 2.89 bits per heavy atom. The second-order valence-corrected chi connectivity index (χ2v) is 8.28. The second kappa shape index (κ2) is 8.74. The van der Waals surface area contributed by atoms with Crippen molar-refractivity contribution in [3.8, 4) is 0 Å². The number of nitrogens with one attached hydrogen (secondary N) is 2. The fourth-order valence-corrected chi connectivity index (χ4v) is 3.74. The van der Waals surface area contributed by atoms with E-state index < -0.39 is 0 Å². The molecular formula is C21H32N4O2. The number of rotatable bonds is 5. The smallest absolute Gasteiger partial charge is 0.251 e. The third-order valence-corrected chi connectivity index (χ3v) is 5.34. The summed E-state index contributed by atoms with van der Waals surface area (Å²) in [5, 5.41) is 6.41. The molecule has 1 aromatic rings.